The van der Waals surface area contributed by atoms with Crippen LogP contribution in [0.15, 0.2) is 61.3 Å². The lowest BCUT2D eigenvalue weighted by molar-refractivity contribution is 0.0833. The predicted molar refractivity (Wildman–Crippen MR) is 149 cm³/mol. The molecule has 1 amide bonds. The normalized spacial score (nSPS) is 13.1. The Hall–Kier alpha value is -3.19. The van der Waals surface area contributed by atoms with E-state index in [1.54, 1.807) is 0 Å². The molecule has 2 atom stereocenters. The summed E-state index contributed by atoms with van der Waals surface area (Å²) < 4.78 is 52.9. The lowest BCUT2D eigenvalue weighted by atomic mass is 10.0. The highest BCUT2D eigenvalue weighted by molar-refractivity contribution is 7.92. The van der Waals surface area contributed by atoms with Gasteiger partial charge in [-0.25, -0.2) is 26.5 Å². The number of carbonyl (C=O) groups is 1. The molecule has 39 heavy (non-hydrogen) atoms. The minimum absolute atomic E-state index is 0.0211. The van der Waals surface area contributed by atoms with Gasteiger partial charge in [0.25, 0.3) is 5.91 Å². The Labute approximate surface area is 231 Å². The molecule has 3 N–H and O–H groups in total. The van der Waals surface area contributed by atoms with Crippen LogP contribution in [0.2, 0.25) is 0 Å². The topological polar surface area (TPSA) is 112 Å². The number of benzene rings is 2. The number of aromatic nitrogens is 1. The van der Waals surface area contributed by atoms with E-state index >= 15 is 0 Å². The van der Waals surface area contributed by atoms with Crippen LogP contribution in [0.25, 0.3) is 0 Å². The van der Waals surface area contributed by atoms with Crippen molar-refractivity contribution in [3.05, 3.63) is 94.5 Å². The van der Waals surface area contributed by atoms with E-state index in [0.717, 1.165) is 52.1 Å². The monoisotopic (exact) mass is 578 g/mol. The third-order valence-corrected chi connectivity index (χ3v) is 8.12. The standard InChI is InChI=1S/C27H32F2N4O4S2/c1-4-9-33(39(3,36)37)27-31-17-25(38-27)26(35)32-23(13-20-11-21(28)14-22(29)12-20)24(34)16-30-15-19-8-6-7-18(5-2)10-19/h4,6-8,10-12,14,17,23-24,30,34H,1,5,9,13,15-16H2,2-3H3,(H,32,35)/t23-,24+/m0/s1. The lowest BCUT2D eigenvalue weighted by Crippen LogP contribution is -2.48. The van der Waals surface area contributed by atoms with Crippen LogP contribution in [0, 0.1) is 11.6 Å². The number of aliphatic hydroxyl groups excluding tert-OH is 1. The van der Waals surface area contributed by atoms with Crippen molar-refractivity contribution in [1.82, 2.24) is 15.6 Å². The molecule has 0 aliphatic carbocycles. The van der Waals surface area contributed by atoms with Crippen LogP contribution in [-0.2, 0) is 29.4 Å². The average Bonchev–Trinajstić information content (AvgIpc) is 3.35. The number of amides is 1. The minimum atomic E-state index is -3.66. The molecule has 0 saturated heterocycles. The van der Waals surface area contributed by atoms with E-state index in [1.165, 1.54) is 17.8 Å². The first-order valence-electron chi connectivity index (χ1n) is 12.3. The Morgan fingerprint density at radius 3 is 2.51 bits per heavy atom. The van der Waals surface area contributed by atoms with Gasteiger partial charge in [-0.05, 0) is 41.7 Å². The zero-order chi connectivity index (χ0) is 28.6. The van der Waals surface area contributed by atoms with Gasteiger partial charge >= 0.3 is 0 Å². The van der Waals surface area contributed by atoms with E-state index in [9.17, 15) is 27.1 Å². The third kappa shape index (κ3) is 8.92. The summed E-state index contributed by atoms with van der Waals surface area (Å²) in [6.45, 7) is 6.15. The number of rotatable bonds is 14. The summed E-state index contributed by atoms with van der Waals surface area (Å²) in [7, 11) is -3.66. The van der Waals surface area contributed by atoms with Gasteiger partial charge in [0.05, 0.1) is 31.1 Å². The largest absolute Gasteiger partial charge is 0.390 e. The summed E-state index contributed by atoms with van der Waals surface area (Å²) in [4.78, 5) is 17.3. The minimum Gasteiger partial charge on any atom is -0.390 e. The number of aliphatic hydroxyl groups is 1. The van der Waals surface area contributed by atoms with Gasteiger partial charge in [-0.15, -0.1) is 6.58 Å². The van der Waals surface area contributed by atoms with E-state index in [1.807, 2.05) is 18.2 Å². The van der Waals surface area contributed by atoms with E-state index < -0.39 is 39.7 Å². The number of halogens is 2. The van der Waals surface area contributed by atoms with Gasteiger partial charge in [-0.3, -0.25) is 4.79 Å². The summed E-state index contributed by atoms with van der Waals surface area (Å²) in [6, 6.07) is 10.1. The second-order valence-electron chi connectivity index (χ2n) is 9.02. The molecule has 2 aromatic carbocycles. The molecule has 0 saturated carbocycles. The smallest absolute Gasteiger partial charge is 0.263 e. The molecule has 0 aliphatic rings. The fourth-order valence-corrected chi connectivity index (χ4v) is 5.89. The molecule has 0 fully saturated rings. The van der Waals surface area contributed by atoms with Crippen LogP contribution < -0.4 is 14.9 Å². The van der Waals surface area contributed by atoms with Gasteiger partial charge in [0.15, 0.2) is 5.13 Å². The number of hydrogen-bond acceptors (Lipinski definition) is 7. The summed E-state index contributed by atoms with van der Waals surface area (Å²) in [5, 5.41) is 16.9. The second kappa shape index (κ2) is 13.7. The lowest BCUT2D eigenvalue weighted by Gasteiger charge is -2.25. The SMILES string of the molecule is C=CCN(c1ncc(C(=O)N[C@@H](Cc2cc(F)cc(F)c2)[C@H](O)CNCc2cccc(CC)c2)s1)S(C)(=O)=O. The number of thiazole rings is 1. The number of sulfonamides is 1. The van der Waals surface area contributed by atoms with Crippen molar-refractivity contribution >= 4 is 32.4 Å². The van der Waals surface area contributed by atoms with Gasteiger partial charge in [0.2, 0.25) is 10.0 Å². The maximum atomic E-state index is 13.8. The summed E-state index contributed by atoms with van der Waals surface area (Å²) in [5.41, 5.74) is 2.47. The molecule has 0 bridgehead atoms. The number of anilines is 1. The fourth-order valence-electron chi connectivity index (χ4n) is 3.93. The molecule has 0 spiro atoms. The zero-order valence-corrected chi connectivity index (χ0v) is 23.4. The molecule has 3 aromatic rings. The Balaban J connectivity index is 1.76. The Morgan fingerprint density at radius 2 is 1.87 bits per heavy atom. The van der Waals surface area contributed by atoms with Gasteiger partial charge in [0.1, 0.15) is 16.5 Å². The number of nitrogens with one attached hydrogen (secondary N) is 2. The highest BCUT2D eigenvalue weighted by Crippen LogP contribution is 2.25. The Bertz CT molecular complexity index is 1380. The summed E-state index contributed by atoms with van der Waals surface area (Å²) in [6.07, 6.45) is 3.39. The van der Waals surface area contributed by atoms with Crippen molar-refractivity contribution in [1.29, 1.82) is 0 Å². The quantitative estimate of drug-likeness (QED) is 0.253. The molecule has 12 heteroatoms. The van der Waals surface area contributed by atoms with Gasteiger partial charge in [-0.2, -0.15) is 0 Å². The van der Waals surface area contributed by atoms with Crippen LogP contribution in [0.5, 0.6) is 0 Å². The molecule has 1 aromatic heterocycles. The molecule has 1 heterocycles. The molecule has 8 nitrogen and oxygen atoms in total. The maximum Gasteiger partial charge on any atom is 0.263 e. The zero-order valence-electron chi connectivity index (χ0n) is 21.7. The van der Waals surface area contributed by atoms with Gasteiger partial charge in [0, 0.05) is 19.2 Å². The summed E-state index contributed by atoms with van der Waals surface area (Å²) >= 11 is 0.858. The third-order valence-electron chi connectivity index (χ3n) is 5.87. The van der Waals surface area contributed by atoms with Crippen LogP contribution in [0.4, 0.5) is 13.9 Å². The van der Waals surface area contributed by atoms with E-state index in [4.69, 9.17) is 0 Å². The molecule has 0 aliphatic heterocycles. The van der Waals surface area contributed by atoms with Crippen LogP contribution in [0.3, 0.4) is 0 Å². The van der Waals surface area contributed by atoms with Crippen molar-refractivity contribution in [2.45, 2.75) is 38.5 Å². The molecule has 0 unspecified atom stereocenters. The fraction of sp³-hybridized carbons (Fsp3) is 0.333. The van der Waals surface area contributed by atoms with Gasteiger partial charge < -0.3 is 15.7 Å². The van der Waals surface area contributed by atoms with Gasteiger partial charge in [-0.1, -0.05) is 48.6 Å². The van der Waals surface area contributed by atoms with Crippen LogP contribution in [0.1, 0.15) is 33.3 Å². The van der Waals surface area contributed by atoms with E-state index in [2.05, 4.69) is 35.2 Å². The highest BCUT2D eigenvalue weighted by Gasteiger charge is 2.26. The maximum absolute atomic E-state index is 13.8. The highest BCUT2D eigenvalue weighted by atomic mass is 32.2. The number of aryl methyl sites for hydroxylation is 1. The van der Waals surface area contributed by atoms with E-state index in [-0.39, 0.29) is 35.1 Å². The number of nitrogens with zero attached hydrogens (tertiary/aromatic N) is 2. The average molecular weight is 579 g/mol. The first-order chi connectivity index (χ1) is 18.5. The molecular weight excluding hydrogens is 546 g/mol. The number of carbonyl (C=O) groups excluding carboxylic acids is 1. The van der Waals surface area contributed by atoms with Crippen LogP contribution >= 0.6 is 11.3 Å². The molecule has 210 valence electrons. The van der Waals surface area contributed by atoms with E-state index in [0.29, 0.717) is 6.54 Å². The second-order valence-corrected chi connectivity index (χ2v) is 11.9. The van der Waals surface area contributed by atoms with Crippen LogP contribution in [-0.4, -0.2) is 55.9 Å². The van der Waals surface area contributed by atoms with Crippen molar-refractivity contribution in [3.63, 3.8) is 0 Å². The Kier molecular flexibility index (Phi) is 10.7. The number of hydrogen-bond donors (Lipinski definition) is 3. The van der Waals surface area contributed by atoms with Crippen molar-refractivity contribution in [2.24, 2.45) is 0 Å². The molecule has 0 radical (unpaired) electrons. The predicted octanol–water partition coefficient (Wildman–Crippen LogP) is 3.43. The molecular formula is C27H32F2N4O4S2. The van der Waals surface area contributed by atoms with Crippen molar-refractivity contribution in [2.75, 3.05) is 23.7 Å². The summed E-state index contributed by atoms with van der Waals surface area (Å²) in [5.74, 6) is -2.15. The molecule has 3 rings (SSSR count). The van der Waals surface area contributed by atoms with Crippen molar-refractivity contribution in [3.8, 4) is 0 Å². The Morgan fingerprint density at radius 1 is 1.18 bits per heavy atom. The van der Waals surface area contributed by atoms with Crippen molar-refractivity contribution < 1.29 is 27.1 Å². The first-order valence-corrected chi connectivity index (χ1v) is 14.9. The first kappa shape index (κ1) is 30.4.